The van der Waals surface area contributed by atoms with Crippen LogP contribution >= 0.6 is 0 Å². The minimum Gasteiger partial charge on any atom is -0.473 e. The number of nitrogens with two attached hydrogens (primary N) is 1. The molecule has 0 saturated heterocycles. The second-order valence-electron chi connectivity index (χ2n) is 4.54. The lowest BCUT2D eigenvalue weighted by Crippen LogP contribution is -2.17. The molecule has 4 heteroatoms. The van der Waals surface area contributed by atoms with Crippen LogP contribution in [0.2, 0.25) is 0 Å². The molecule has 0 radical (unpaired) electrons. The molecule has 2 N–H and O–H groups in total. The fourth-order valence-corrected chi connectivity index (χ4v) is 2.19. The molecule has 0 spiro atoms. The Morgan fingerprint density at radius 3 is 2.33 bits per heavy atom. The van der Waals surface area contributed by atoms with Crippen molar-refractivity contribution in [3.8, 4) is 5.88 Å². The molecule has 102 valence electrons. The first-order valence-corrected chi connectivity index (χ1v) is 6.91. The maximum Gasteiger partial charge on any atom is 0.238 e. The van der Waals surface area contributed by atoms with Gasteiger partial charge in [-0.25, -0.2) is 0 Å². The average Bonchev–Trinajstić information content (AvgIpc) is 2.38. The quantitative estimate of drug-likeness (QED) is 0.809. The van der Waals surface area contributed by atoms with Crippen LogP contribution < -0.4 is 10.5 Å². The van der Waals surface area contributed by atoms with E-state index in [-0.39, 0.29) is 6.10 Å². The molecule has 0 saturated carbocycles. The van der Waals surface area contributed by atoms with E-state index in [1.54, 1.807) is 0 Å². The predicted molar refractivity (Wildman–Crippen MR) is 73.7 cm³/mol. The molecule has 0 fully saturated rings. The summed E-state index contributed by atoms with van der Waals surface area (Å²) in [5, 5.41) is 8.46. The summed E-state index contributed by atoms with van der Waals surface area (Å²) in [5.74, 6) is 0.618. The zero-order chi connectivity index (χ0) is 13.5. The lowest BCUT2D eigenvalue weighted by atomic mass is 10.0. The molecule has 1 heterocycles. The molecule has 1 atom stereocenters. The molecular weight excluding hydrogens is 226 g/mol. The second kappa shape index (κ2) is 7.31. The lowest BCUT2D eigenvalue weighted by molar-refractivity contribution is 0.196. The van der Waals surface area contributed by atoms with Crippen molar-refractivity contribution < 1.29 is 4.74 Å². The van der Waals surface area contributed by atoms with E-state index in [9.17, 15) is 0 Å². The Hall–Kier alpha value is -1.16. The normalized spacial score (nSPS) is 12.5. The third kappa shape index (κ3) is 3.42. The van der Waals surface area contributed by atoms with E-state index in [2.05, 4.69) is 37.9 Å². The van der Waals surface area contributed by atoms with Crippen molar-refractivity contribution in [1.29, 1.82) is 0 Å². The van der Waals surface area contributed by atoms with Crippen LogP contribution in [0, 0.1) is 0 Å². The first kappa shape index (κ1) is 14.9. The Kier molecular flexibility index (Phi) is 6.05. The van der Waals surface area contributed by atoms with Gasteiger partial charge in [0.15, 0.2) is 0 Å². The first-order valence-electron chi connectivity index (χ1n) is 6.91. The highest BCUT2D eigenvalue weighted by Gasteiger charge is 2.16. The van der Waals surface area contributed by atoms with Crippen molar-refractivity contribution in [3.05, 3.63) is 16.8 Å². The Bertz CT molecular complexity index is 380. The second-order valence-corrected chi connectivity index (χ2v) is 4.54. The number of nitrogens with zero attached hydrogens (tertiary/aromatic N) is 2. The zero-order valence-corrected chi connectivity index (χ0v) is 12.0. The van der Waals surface area contributed by atoms with Gasteiger partial charge < -0.3 is 10.5 Å². The minimum absolute atomic E-state index is 0.159. The van der Waals surface area contributed by atoms with Crippen LogP contribution in [0.1, 0.15) is 57.4 Å². The van der Waals surface area contributed by atoms with E-state index < -0.39 is 0 Å². The van der Waals surface area contributed by atoms with Gasteiger partial charge in [-0.2, -0.15) is 5.10 Å². The Labute approximate surface area is 110 Å². The number of hydrogen-bond donors (Lipinski definition) is 1. The third-order valence-corrected chi connectivity index (χ3v) is 3.13. The summed E-state index contributed by atoms with van der Waals surface area (Å²) in [5.41, 5.74) is 9.11. The van der Waals surface area contributed by atoms with E-state index in [0.717, 1.165) is 36.9 Å². The van der Waals surface area contributed by atoms with Crippen LogP contribution in [0.3, 0.4) is 0 Å². The van der Waals surface area contributed by atoms with Gasteiger partial charge in [-0.3, -0.25) is 0 Å². The average molecular weight is 251 g/mol. The summed E-state index contributed by atoms with van der Waals surface area (Å²) in [4.78, 5) is 0. The Morgan fingerprint density at radius 2 is 1.83 bits per heavy atom. The van der Waals surface area contributed by atoms with Crippen molar-refractivity contribution in [1.82, 2.24) is 10.2 Å². The standard InChI is InChI=1S/C14H25N3O/c1-5-8-10(4)18-14-12(9-15)11(6-2)13(7-3)16-17-14/h10H,5-9,15H2,1-4H3. The smallest absolute Gasteiger partial charge is 0.238 e. The van der Waals surface area contributed by atoms with E-state index in [0.29, 0.717) is 12.4 Å². The summed E-state index contributed by atoms with van der Waals surface area (Å²) in [7, 11) is 0. The van der Waals surface area contributed by atoms with E-state index in [1.165, 1.54) is 5.56 Å². The van der Waals surface area contributed by atoms with Crippen LogP contribution in [0.5, 0.6) is 5.88 Å². The van der Waals surface area contributed by atoms with Gasteiger partial charge >= 0.3 is 0 Å². The van der Waals surface area contributed by atoms with Crippen LogP contribution in [0.25, 0.3) is 0 Å². The van der Waals surface area contributed by atoms with Crippen molar-refractivity contribution in [2.45, 2.75) is 66.0 Å². The van der Waals surface area contributed by atoms with Gasteiger partial charge in [0.1, 0.15) is 0 Å². The minimum atomic E-state index is 0.159. The SMILES string of the molecule is CCCC(C)Oc1nnc(CC)c(CC)c1CN. The third-order valence-electron chi connectivity index (χ3n) is 3.13. The topological polar surface area (TPSA) is 61.0 Å². The highest BCUT2D eigenvalue weighted by molar-refractivity contribution is 5.36. The van der Waals surface area contributed by atoms with Crippen LogP contribution in [-0.2, 0) is 19.4 Å². The molecule has 0 bridgehead atoms. The van der Waals surface area contributed by atoms with Gasteiger partial charge in [-0.15, -0.1) is 5.10 Å². The summed E-state index contributed by atoms with van der Waals surface area (Å²) in [6, 6.07) is 0. The number of hydrogen-bond acceptors (Lipinski definition) is 4. The van der Waals surface area contributed by atoms with E-state index >= 15 is 0 Å². The molecule has 18 heavy (non-hydrogen) atoms. The highest BCUT2D eigenvalue weighted by atomic mass is 16.5. The zero-order valence-electron chi connectivity index (χ0n) is 12.0. The van der Waals surface area contributed by atoms with Crippen LogP contribution in [0.15, 0.2) is 0 Å². The van der Waals surface area contributed by atoms with Crippen molar-refractivity contribution in [2.75, 3.05) is 0 Å². The fraction of sp³-hybridized carbons (Fsp3) is 0.714. The van der Waals surface area contributed by atoms with Crippen molar-refractivity contribution in [3.63, 3.8) is 0 Å². The number of aromatic nitrogens is 2. The van der Waals surface area contributed by atoms with Gasteiger partial charge in [-0.1, -0.05) is 27.2 Å². The van der Waals surface area contributed by atoms with E-state index in [4.69, 9.17) is 10.5 Å². The van der Waals surface area contributed by atoms with Crippen LogP contribution in [0.4, 0.5) is 0 Å². The van der Waals surface area contributed by atoms with Gasteiger partial charge in [0.25, 0.3) is 0 Å². The maximum absolute atomic E-state index is 5.87. The predicted octanol–water partition coefficient (Wildman–Crippen LogP) is 2.63. The van der Waals surface area contributed by atoms with Gasteiger partial charge in [0.05, 0.1) is 11.8 Å². The van der Waals surface area contributed by atoms with Gasteiger partial charge in [-0.05, 0) is 31.7 Å². The van der Waals surface area contributed by atoms with Gasteiger partial charge in [0, 0.05) is 12.1 Å². The van der Waals surface area contributed by atoms with E-state index in [1.807, 2.05) is 0 Å². The largest absolute Gasteiger partial charge is 0.473 e. The fourth-order valence-electron chi connectivity index (χ4n) is 2.19. The molecule has 0 amide bonds. The van der Waals surface area contributed by atoms with Crippen molar-refractivity contribution in [2.24, 2.45) is 5.73 Å². The Morgan fingerprint density at radius 1 is 1.11 bits per heavy atom. The Balaban J connectivity index is 3.04. The molecule has 0 aliphatic carbocycles. The molecule has 1 rings (SSSR count). The number of ether oxygens (including phenoxy) is 1. The highest BCUT2D eigenvalue weighted by Crippen LogP contribution is 2.23. The molecule has 4 nitrogen and oxygen atoms in total. The monoisotopic (exact) mass is 251 g/mol. The molecule has 1 aromatic rings. The maximum atomic E-state index is 5.87. The summed E-state index contributed by atoms with van der Waals surface area (Å²) in [6.45, 7) is 8.87. The van der Waals surface area contributed by atoms with Gasteiger partial charge in [0.2, 0.25) is 5.88 Å². The van der Waals surface area contributed by atoms with Crippen molar-refractivity contribution >= 4 is 0 Å². The first-order chi connectivity index (χ1) is 8.67. The molecule has 0 aliphatic rings. The summed E-state index contributed by atoms with van der Waals surface area (Å²) >= 11 is 0. The van der Waals surface area contributed by atoms with Crippen LogP contribution in [-0.4, -0.2) is 16.3 Å². The molecule has 0 aliphatic heterocycles. The molecule has 1 aromatic heterocycles. The number of rotatable bonds is 7. The summed E-state index contributed by atoms with van der Waals surface area (Å²) < 4.78 is 5.87. The number of aryl methyl sites for hydroxylation is 1. The summed E-state index contributed by atoms with van der Waals surface area (Å²) in [6.07, 6.45) is 4.08. The molecular formula is C14H25N3O. The molecule has 1 unspecified atom stereocenters. The lowest BCUT2D eigenvalue weighted by Gasteiger charge is -2.18. The molecule has 0 aromatic carbocycles.